The third kappa shape index (κ3) is 3.42. The van der Waals surface area contributed by atoms with Crippen LogP contribution in [0.3, 0.4) is 0 Å². The second-order valence-corrected chi connectivity index (χ2v) is 11.7. The predicted octanol–water partition coefficient (Wildman–Crippen LogP) is 5.84. The van der Waals surface area contributed by atoms with Gasteiger partial charge in [-0.2, -0.15) is 0 Å². The smallest absolute Gasteiger partial charge is 0.305 e. The number of esters is 1. The lowest BCUT2D eigenvalue weighted by atomic mass is 9.43. The molecule has 0 radical (unpaired) electrons. The third-order valence-corrected chi connectivity index (χ3v) is 10.4. The maximum Gasteiger partial charge on any atom is 0.305 e. The van der Waals surface area contributed by atoms with E-state index in [1.807, 2.05) is 0 Å². The van der Waals surface area contributed by atoms with Crippen LogP contribution < -0.4 is 0 Å². The third-order valence-electron chi connectivity index (χ3n) is 10.4. The first kappa shape index (κ1) is 22.5. The van der Waals surface area contributed by atoms with Crippen molar-refractivity contribution in [2.75, 3.05) is 7.11 Å². The Kier molecular flexibility index (Phi) is 5.77. The van der Waals surface area contributed by atoms with Gasteiger partial charge in [-0.15, -0.1) is 0 Å². The van der Waals surface area contributed by atoms with Gasteiger partial charge in [0.15, 0.2) is 0 Å². The lowest BCUT2D eigenvalue weighted by molar-refractivity contribution is -0.238. The van der Waals surface area contributed by atoms with Crippen molar-refractivity contribution >= 4 is 5.97 Å². The number of rotatable bonds is 4. The standard InChI is InChI=1S/C25H40F2O3/c1-15(5-8-21(29)30-4)18-6-7-19-22-20(10-12-24(18,19)3)23(2)11-9-17(28)13-16(23)14-25(22,26)27/h15-20,22,28H,5-14H2,1-4H3/t15-,16+,17-,18?,19+,20+,22+,23+,24-/m1/s1. The molecule has 0 spiro atoms. The Labute approximate surface area is 180 Å². The molecule has 0 aromatic rings. The molecule has 9 atom stereocenters. The minimum absolute atomic E-state index is 0.0448. The average Bonchev–Trinajstić information content (AvgIpc) is 3.04. The molecule has 0 aliphatic heterocycles. The molecule has 5 heteroatoms. The van der Waals surface area contributed by atoms with E-state index in [-0.39, 0.29) is 41.0 Å². The van der Waals surface area contributed by atoms with Gasteiger partial charge in [0, 0.05) is 18.8 Å². The molecular formula is C25H40F2O3. The van der Waals surface area contributed by atoms with Crippen molar-refractivity contribution in [2.45, 2.75) is 97.0 Å². The van der Waals surface area contributed by atoms with E-state index in [4.69, 9.17) is 4.74 Å². The van der Waals surface area contributed by atoms with Crippen molar-refractivity contribution in [1.29, 1.82) is 0 Å². The van der Waals surface area contributed by atoms with Crippen LogP contribution in [0.2, 0.25) is 0 Å². The monoisotopic (exact) mass is 426 g/mol. The van der Waals surface area contributed by atoms with Crippen molar-refractivity contribution < 1.29 is 23.4 Å². The molecule has 172 valence electrons. The van der Waals surface area contributed by atoms with Crippen molar-refractivity contribution in [2.24, 2.45) is 46.3 Å². The van der Waals surface area contributed by atoms with Gasteiger partial charge >= 0.3 is 5.97 Å². The van der Waals surface area contributed by atoms with Crippen LogP contribution in [0.1, 0.15) is 85.0 Å². The second-order valence-electron chi connectivity index (χ2n) is 11.7. The molecule has 1 N–H and O–H groups in total. The molecular weight excluding hydrogens is 386 g/mol. The molecule has 1 unspecified atom stereocenters. The highest BCUT2D eigenvalue weighted by Crippen LogP contribution is 2.71. The van der Waals surface area contributed by atoms with E-state index in [1.54, 1.807) is 0 Å². The highest BCUT2D eigenvalue weighted by Gasteiger charge is 2.68. The van der Waals surface area contributed by atoms with E-state index < -0.39 is 17.9 Å². The van der Waals surface area contributed by atoms with Gasteiger partial charge in [0.05, 0.1) is 13.2 Å². The minimum atomic E-state index is -2.64. The van der Waals surface area contributed by atoms with Gasteiger partial charge in [-0.1, -0.05) is 20.8 Å². The van der Waals surface area contributed by atoms with Gasteiger partial charge in [0.25, 0.3) is 5.92 Å². The van der Waals surface area contributed by atoms with E-state index in [0.717, 1.165) is 44.9 Å². The molecule has 4 aliphatic rings. The predicted molar refractivity (Wildman–Crippen MR) is 112 cm³/mol. The van der Waals surface area contributed by atoms with Gasteiger partial charge < -0.3 is 9.84 Å². The topological polar surface area (TPSA) is 46.5 Å². The van der Waals surface area contributed by atoms with E-state index in [9.17, 15) is 9.90 Å². The molecule has 0 bridgehead atoms. The van der Waals surface area contributed by atoms with Crippen LogP contribution in [0.25, 0.3) is 0 Å². The summed E-state index contributed by atoms with van der Waals surface area (Å²) in [6.45, 7) is 6.73. The van der Waals surface area contributed by atoms with Crippen LogP contribution in [0, 0.1) is 46.3 Å². The number of aliphatic hydroxyl groups excluding tert-OH is 1. The van der Waals surface area contributed by atoms with Crippen LogP contribution in [0.5, 0.6) is 0 Å². The Morgan fingerprint density at radius 1 is 1.10 bits per heavy atom. The molecule has 3 nitrogen and oxygen atoms in total. The summed E-state index contributed by atoms with van der Waals surface area (Å²) in [6, 6.07) is 0. The largest absolute Gasteiger partial charge is 0.469 e. The molecule has 0 aromatic carbocycles. The average molecular weight is 427 g/mol. The second kappa shape index (κ2) is 7.71. The zero-order valence-corrected chi connectivity index (χ0v) is 19.1. The number of ether oxygens (including phenoxy) is 1. The van der Waals surface area contributed by atoms with Gasteiger partial charge in [0.2, 0.25) is 0 Å². The van der Waals surface area contributed by atoms with Gasteiger partial charge in [-0.3, -0.25) is 4.79 Å². The number of halogens is 2. The van der Waals surface area contributed by atoms with E-state index in [2.05, 4.69) is 20.8 Å². The molecule has 4 rings (SSSR count). The Morgan fingerprint density at radius 3 is 2.47 bits per heavy atom. The Morgan fingerprint density at radius 2 is 1.77 bits per heavy atom. The molecule has 0 heterocycles. The van der Waals surface area contributed by atoms with E-state index in [0.29, 0.717) is 24.7 Å². The lowest BCUT2D eigenvalue weighted by Gasteiger charge is -2.63. The molecule has 4 aliphatic carbocycles. The zero-order chi connectivity index (χ0) is 21.9. The molecule has 4 fully saturated rings. The number of carbonyl (C=O) groups is 1. The van der Waals surface area contributed by atoms with Crippen molar-refractivity contribution in [1.82, 2.24) is 0 Å². The molecule has 0 saturated heterocycles. The maximum atomic E-state index is 15.7. The van der Waals surface area contributed by atoms with E-state index in [1.165, 1.54) is 7.11 Å². The van der Waals surface area contributed by atoms with Crippen LogP contribution in [-0.4, -0.2) is 30.2 Å². The summed E-state index contributed by atoms with van der Waals surface area (Å²) < 4.78 is 36.2. The number of aliphatic hydroxyl groups is 1. The van der Waals surface area contributed by atoms with E-state index >= 15 is 8.78 Å². The normalized spacial score (nSPS) is 48.2. The molecule has 30 heavy (non-hydrogen) atoms. The van der Waals surface area contributed by atoms with Crippen molar-refractivity contribution in [3.63, 3.8) is 0 Å². The molecule has 0 amide bonds. The number of carbonyl (C=O) groups excluding carboxylic acids is 1. The minimum Gasteiger partial charge on any atom is -0.469 e. The summed E-state index contributed by atoms with van der Waals surface area (Å²) in [5, 5.41) is 10.1. The maximum absolute atomic E-state index is 15.7. The number of methoxy groups -OCH3 is 1. The number of alkyl halides is 2. The number of hydrogen-bond acceptors (Lipinski definition) is 3. The zero-order valence-electron chi connectivity index (χ0n) is 19.1. The number of hydrogen-bond donors (Lipinski definition) is 1. The quantitative estimate of drug-likeness (QED) is 0.575. The fraction of sp³-hybridized carbons (Fsp3) is 0.960. The SMILES string of the molecule is COC(=O)CC[C@@H](C)C1CC[C@H]2[C@H]3[C@H](CC[C@]12C)[C@@]1(C)CC[C@@H](O)C[C@H]1CC3(F)F. The summed E-state index contributed by atoms with van der Waals surface area (Å²) in [6.07, 6.45) is 6.74. The molecule has 0 aromatic heterocycles. The van der Waals surface area contributed by atoms with Crippen LogP contribution in [-0.2, 0) is 9.53 Å². The Balaban J connectivity index is 1.57. The fourth-order valence-corrected chi connectivity index (χ4v) is 8.76. The Bertz CT molecular complexity index is 667. The van der Waals surface area contributed by atoms with Crippen molar-refractivity contribution in [3.05, 3.63) is 0 Å². The highest BCUT2D eigenvalue weighted by atomic mass is 19.3. The highest BCUT2D eigenvalue weighted by molar-refractivity contribution is 5.69. The first-order chi connectivity index (χ1) is 14.0. The summed E-state index contributed by atoms with van der Waals surface area (Å²) >= 11 is 0. The van der Waals surface area contributed by atoms with Crippen LogP contribution in [0.15, 0.2) is 0 Å². The summed E-state index contributed by atoms with van der Waals surface area (Å²) in [5.74, 6) is -2.50. The van der Waals surface area contributed by atoms with Gasteiger partial charge in [-0.05, 0) is 91.8 Å². The van der Waals surface area contributed by atoms with Crippen molar-refractivity contribution in [3.8, 4) is 0 Å². The summed E-state index contributed by atoms with van der Waals surface area (Å²) in [7, 11) is 1.42. The Hall–Kier alpha value is -0.710. The van der Waals surface area contributed by atoms with Gasteiger partial charge in [-0.25, -0.2) is 8.78 Å². The first-order valence-electron chi connectivity index (χ1n) is 12.2. The summed E-state index contributed by atoms with van der Waals surface area (Å²) in [4.78, 5) is 11.6. The van der Waals surface area contributed by atoms with Gasteiger partial charge in [0.1, 0.15) is 0 Å². The first-order valence-corrected chi connectivity index (χ1v) is 12.2. The van der Waals surface area contributed by atoms with Crippen LogP contribution in [0.4, 0.5) is 8.78 Å². The summed E-state index contributed by atoms with van der Waals surface area (Å²) in [5.41, 5.74) is -0.112. The number of fused-ring (bicyclic) bond motifs is 5. The fourth-order valence-electron chi connectivity index (χ4n) is 8.76. The lowest BCUT2D eigenvalue weighted by Crippen LogP contribution is -2.61. The molecule has 4 saturated carbocycles. The van der Waals surface area contributed by atoms with Crippen LogP contribution >= 0.6 is 0 Å².